The van der Waals surface area contributed by atoms with Crippen molar-refractivity contribution in [2.24, 2.45) is 11.8 Å². The predicted molar refractivity (Wildman–Crippen MR) is 87.3 cm³/mol. The molecule has 1 aliphatic heterocycles. The normalized spacial score (nSPS) is 25.9. The van der Waals surface area contributed by atoms with Crippen molar-refractivity contribution in [1.29, 1.82) is 0 Å². The standard InChI is InChI=1S/C17H30N2O4/c1-17(2,3)23-16(22)18-14-9-13(8-12-4-5-12)10-19(11-14)7-6-15(20)21/h12-14H,4-11H2,1-3H3,(H,18,22)(H,20,21). The molecule has 2 fully saturated rings. The summed E-state index contributed by atoms with van der Waals surface area (Å²) in [5.74, 6) is 0.595. The van der Waals surface area contributed by atoms with Crippen LogP contribution in [-0.4, -0.2) is 53.3 Å². The number of hydrogen-bond donors (Lipinski definition) is 2. The zero-order valence-electron chi connectivity index (χ0n) is 14.5. The van der Waals surface area contributed by atoms with Crippen molar-refractivity contribution in [1.82, 2.24) is 10.2 Å². The number of carboxylic acids is 1. The molecule has 1 aliphatic carbocycles. The summed E-state index contributed by atoms with van der Waals surface area (Å²) in [6.07, 6.45) is 4.55. The van der Waals surface area contributed by atoms with Gasteiger partial charge in [0.1, 0.15) is 5.60 Å². The van der Waals surface area contributed by atoms with E-state index in [1.54, 1.807) is 0 Å². The van der Waals surface area contributed by atoms with E-state index in [4.69, 9.17) is 9.84 Å². The maximum atomic E-state index is 12.0. The number of ether oxygens (including phenoxy) is 1. The Bertz CT molecular complexity index is 429. The Morgan fingerprint density at radius 2 is 1.91 bits per heavy atom. The van der Waals surface area contributed by atoms with Crippen LogP contribution in [0.3, 0.4) is 0 Å². The Balaban J connectivity index is 1.87. The van der Waals surface area contributed by atoms with Crippen molar-refractivity contribution in [3.05, 3.63) is 0 Å². The molecule has 6 heteroatoms. The second kappa shape index (κ2) is 7.51. The lowest BCUT2D eigenvalue weighted by Crippen LogP contribution is -2.52. The summed E-state index contributed by atoms with van der Waals surface area (Å²) in [6, 6.07) is 0.0381. The number of nitrogens with zero attached hydrogens (tertiary/aromatic N) is 1. The Labute approximate surface area is 138 Å². The van der Waals surface area contributed by atoms with Gasteiger partial charge in [-0.3, -0.25) is 4.79 Å². The van der Waals surface area contributed by atoms with Gasteiger partial charge < -0.3 is 20.1 Å². The van der Waals surface area contributed by atoms with Crippen LogP contribution in [0.1, 0.15) is 52.9 Å². The van der Waals surface area contributed by atoms with Gasteiger partial charge in [-0.2, -0.15) is 0 Å². The fourth-order valence-corrected chi connectivity index (χ4v) is 3.31. The van der Waals surface area contributed by atoms with Crippen molar-refractivity contribution in [3.63, 3.8) is 0 Å². The molecule has 2 aliphatic rings. The minimum Gasteiger partial charge on any atom is -0.481 e. The van der Waals surface area contributed by atoms with Gasteiger partial charge in [-0.1, -0.05) is 12.8 Å². The lowest BCUT2D eigenvalue weighted by molar-refractivity contribution is -0.137. The zero-order valence-corrected chi connectivity index (χ0v) is 14.5. The van der Waals surface area contributed by atoms with Crippen LogP contribution >= 0.6 is 0 Å². The van der Waals surface area contributed by atoms with Gasteiger partial charge in [0, 0.05) is 25.7 Å². The third-order valence-electron chi connectivity index (χ3n) is 4.34. The number of aliphatic carboxylic acids is 1. The van der Waals surface area contributed by atoms with Gasteiger partial charge in [0.05, 0.1) is 6.42 Å². The quantitative estimate of drug-likeness (QED) is 0.784. The number of carboxylic acid groups (broad SMARTS) is 1. The average Bonchev–Trinajstić information content (AvgIpc) is 3.17. The van der Waals surface area contributed by atoms with Gasteiger partial charge in [-0.05, 0) is 45.4 Å². The number of piperidine rings is 1. The van der Waals surface area contributed by atoms with Crippen LogP contribution in [0.25, 0.3) is 0 Å². The second-order valence-corrected chi connectivity index (χ2v) is 8.03. The molecule has 1 saturated carbocycles. The molecule has 1 heterocycles. The number of carbonyl (C=O) groups is 2. The van der Waals surface area contributed by atoms with E-state index in [9.17, 15) is 9.59 Å². The van der Waals surface area contributed by atoms with E-state index in [0.29, 0.717) is 19.0 Å². The van der Waals surface area contributed by atoms with Gasteiger partial charge in [-0.15, -0.1) is 0 Å². The van der Waals surface area contributed by atoms with Crippen LogP contribution in [-0.2, 0) is 9.53 Å². The molecule has 0 spiro atoms. The number of carbonyl (C=O) groups excluding carboxylic acids is 1. The number of hydrogen-bond acceptors (Lipinski definition) is 4. The van der Waals surface area contributed by atoms with E-state index in [2.05, 4.69) is 10.2 Å². The minimum absolute atomic E-state index is 0.0381. The highest BCUT2D eigenvalue weighted by molar-refractivity contribution is 5.68. The molecule has 0 bridgehead atoms. The molecule has 6 nitrogen and oxygen atoms in total. The number of amides is 1. The highest BCUT2D eigenvalue weighted by Gasteiger charge is 2.33. The van der Waals surface area contributed by atoms with Crippen LogP contribution < -0.4 is 5.32 Å². The molecule has 2 N–H and O–H groups in total. The molecule has 0 aromatic rings. The van der Waals surface area contributed by atoms with Crippen molar-refractivity contribution in [2.45, 2.75) is 64.5 Å². The van der Waals surface area contributed by atoms with Gasteiger partial charge in [-0.25, -0.2) is 4.79 Å². The van der Waals surface area contributed by atoms with Crippen molar-refractivity contribution < 1.29 is 19.4 Å². The topological polar surface area (TPSA) is 78.9 Å². The summed E-state index contributed by atoms with van der Waals surface area (Å²) in [5.41, 5.74) is -0.505. The molecule has 23 heavy (non-hydrogen) atoms. The molecule has 1 saturated heterocycles. The third kappa shape index (κ3) is 7.20. The maximum absolute atomic E-state index is 12.0. The van der Waals surface area contributed by atoms with E-state index < -0.39 is 11.6 Å². The van der Waals surface area contributed by atoms with Crippen LogP contribution in [0.4, 0.5) is 4.79 Å². The van der Waals surface area contributed by atoms with Gasteiger partial charge >= 0.3 is 12.1 Å². The Hall–Kier alpha value is -1.30. The first kappa shape index (κ1) is 18.0. The van der Waals surface area contributed by atoms with E-state index in [0.717, 1.165) is 18.9 Å². The Morgan fingerprint density at radius 1 is 1.22 bits per heavy atom. The van der Waals surface area contributed by atoms with Crippen molar-refractivity contribution >= 4 is 12.1 Å². The smallest absolute Gasteiger partial charge is 0.407 e. The molecular weight excluding hydrogens is 296 g/mol. The predicted octanol–water partition coefficient (Wildman–Crippen LogP) is 2.48. The van der Waals surface area contributed by atoms with Gasteiger partial charge in [0.2, 0.25) is 0 Å². The monoisotopic (exact) mass is 326 g/mol. The molecule has 0 radical (unpaired) electrons. The van der Waals surface area contributed by atoms with Gasteiger partial charge in [0.15, 0.2) is 0 Å². The third-order valence-corrected chi connectivity index (χ3v) is 4.34. The van der Waals surface area contributed by atoms with E-state index >= 15 is 0 Å². The minimum atomic E-state index is -0.772. The molecule has 1 amide bonds. The molecule has 2 unspecified atom stereocenters. The van der Waals surface area contributed by atoms with Crippen LogP contribution in [0.15, 0.2) is 0 Å². The molecule has 2 rings (SSSR count). The highest BCUT2D eigenvalue weighted by atomic mass is 16.6. The Morgan fingerprint density at radius 3 is 2.48 bits per heavy atom. The fraction of sp³-hybridized carbons (Fsp3) is 0.882. The SMILES string of the molecule is CC(C)(C)OC(=O)NC1CC(CC2CC2)CN(CCC(=O)O)C1. The van der Waals surface area contributed by atoms with Crippen LogP contribution in [0, 0.1) is 11.8 Å². The molecule has 132 valence electrons. The van der Waals surface area contributed by atoms with Gasteiger partial charge in [0.25, 0.3) is 0 Å². The molecule has 0 aromatic heterocycles. The number of likely N-dealkylation sites (tertiary alicyclic amines) is 1. The highest BCUT2D eigenvalue weighted by Crippen LogP contribution is 2.37. The number of alkyl carbamates (subject to hydrolysis) is 1. The van der Waals surface area contributed by atoms with Crippen molar-refractivity contribution in [2.75, 3.05) is 19.6 Å². The lowest BCUT2D eigenvalue weighted by Gasteiger charge is -2.38. The first-order valence-corrected chi connectivity index (χ1v) is 8.65. The summed E-state index contributed by atoms with van der Waals surface area (Å²) < 4.78 is 5.34. The number of rotatable bonds is 6. The average molecular weight is 326 g/mol. The first-order valence-electron chi connectivity index (χ1n) is 8.65. The summed E-state index contributed by atoms with van der Waals surface area (Å²) in [4.78, 5) is 25.0. The zero-order chi connectivity index (χ0) is 17.0. The van der Waals surface area contributed by atoms with E-state index in [-0.39, 0.29) is 18.6 Å². The summed E-state index contributed by atoms with van der Waals surface area (Å²) in [7, 11) is 0. The molecular formula is C17H30N2O4. The summed E-state index contributed by atoms with van der Waals surface area (Å²) >= 11 is 0. The Kier molecular flexibility index (Phi) is 5.89. The fourth-order valence-electron chi connectivity index (χ4n) is 3.31. The van der Waals surface area contributed by atoms with E-state index in [1.165, 1.54) is 19.3 Å². The summed E-state index contributed by atoms with van der Waals surface area (Å²) in [6.45, 7) is 7.74. The van der Waals surface area contributed by atoms with Crippen molar-refractivity contribution in [3.8, 4) is 0 Å². The number of nitrogens with one attached hydrogen (secondary N) is 1. The first-order chi connectivity index (χ1) is 10.7. The van der Waals surface area contributed by atoms with Crippen LogP contribution in [0.2, 0.25) is 0 Å². The maximum Gasteiger partial charge on any atom is 0.407 e. The molecule has 0 aromatic carbocycles. The second-order valence-electron chi connectivity index (χ2n) is 8.03. The van der Waals surface area contributed by atoms with Crippen LogP contribution in [0.5, 0.6) is 0 Å². The largest absolute Gasteiger partial charge is 0.481 e. The summed E-state index contributed by atoms with van der Waals surface area (Å²) in [5, 5.41) is 11.9. The molecule has 2 atom stereocenters. The lowest BCUT2D eigenvalue weighted by atomic mass is 9.89. The van der Waals surface area contributed by atoms with E-state index in [1.807, 2.05) is 20.8 Å².